The van der Waals surface area contributed by atoms with Gasteiger partial charge in [-0.2, -0.15) is 10.2 Å². The van der Waals surface area contributed by atoms with Crippen LogP contribution in [-0.4, -0.2) is 96.1 Å². The van der Waals surface area contributed by atoms with Crippen LogP contribution < -0.4 is 14.8 Å². The van der Waals surface area contributed by atoms with Crippen LogP contribution in [0.2, 0.25) is 25.1 Å². The number of hydrazone groups is 2. The van der Waals surface area contributed by atoms with Crippen molar-refractivity contribution in [3.63, 3.8) is 0 Å². The molecule has 24 heteroatoms. The quantitative estimate of drug-likeness (QED) is 0.0480. The van der Waals surface area contributed by atoms with Gasteiger partial charge >= 0.3 is 29.8 Å². The highest BCUT2D eigenvalue weighted by atomic mass is 35.5. The lowest BCUT2D eigenvalue weighted by Crippen LogP contribution is -2.48. The Morgan fingerprint density at radius 1 is 0.711 bits per heavy atom. The van der Waals surface area contributed by atoms with Crippen molar-refractivity contribution in [3.05, 3.63) is 199 Å². The number of fused-ring (bicyclic) bond motifs is 1. The molecule has 3 aliphatic heterocycles. The number of halogens is 6. The maximum Gasteiger partial charge on any atom is 0.356 e. The summed E-state index contributed by atoms with van der Waals surface area (Å²) in [6.07, 6.45) is 6.44. The molecule has 6 aromatic carbocycles. The fraction of sp³-hybridized carbons (Fsp3) is 0.288. The van der Waals surface area contributed by atoms with Gasteiger partial charge in [0.15, 0.2) is 23.5 Å². The highest BCUT2D eigenvalue weighted by Crippen LogP contribution is 2.43. The van der Waals surface area contributed by atoms with Gasteiger partial charge in [-0.15, -0.1) is 0 Å². The molecule has 472 valence electrons. The van der Waals surface area contributed by atoms with Crippen LogP contribution in [0.4, 0.5) is 15.8 Å². The van der Waals surface area contributed by atoms with Crippen LogP contribution in [0.3, 0.4) is 0 Å². The average Bonchev–Trinajstić information content (AvgIpc) is 1.62. The van der Waals surface area contributed by atoms with Crippen LogP contribution in [-0.2, 0) is 53.4 Å². The number of carboxylic acid groups (broad SMARTS) is 1. The van der Waals surface area contributed by atoms with Crippen molar-refractivity contribution in [3.8, 4) is 5.75 Å². The van der Waals surface area contributed by atoms with Crippen LogP contribution in [0, 0.1) is 5.82 Å². The molecule has 3 aliphatic rings. The van der Waals surface area contributed by atoms with Crippen LogP contribution in [0.25, 0.3) is 10.9 Å². The summed E-state index contributed by atoms with van der Waals surface area (Å²) in [5, 5.41) is 27.5. The standard InChI is InChI=1S/C18H22ClNO3.C18H17NO3.C16H11Cl2FN2O2.C14H14Cl2N2O4/c1-3-4-5-7-13(2)23-17(21)12-22-16-10-9-15(19)14-8-6-11-20-18(14)16;1-2-21-17(20)16-13-18(22-19-16,14-9-5-3-6-10-14)15-11-7-4-8-12-15;17-10-3-6-14(12(18)7-10)21-15(8-13(20-21)16(22)23)9-1-4-11(19)5-2-9;1-14(13(20)22-3)7-10(12(19)21-2)17-18(14)11-5-4-8(15)6-9(11)16/h6,8-11,13H,3-5,7,12H2,1-2H3;3-12H,2,13H2,1H3;1-7,15H,8H2,(H,22,23);4-6H,7H2,1-3H3. The van der Waals surface area contributed by atoms with E-state index in [1.807, 2.05) is 79.7 Å². The number of carboxylic acids is 1. The molecule has 18 nitrogen and oxygen atoms in total. The largest absolute Gasteiger partial charge is 0.480 e. The first-order valence-corrected chi connectivity index (χ1v) is 30.2. The summed E-state index contributed by atoms with van der Waals surface area (Å²) in [5.41, 5.74) is 2.77. The lowest BCUT2D eigenvalue weighted by Gasteiger charge is -2.31. The Morgan fingerprint density at radius 3 is 1.92 bits per heavy atom. The van der Waals surface area contributed by atoms with Crippen LogP contribution in [0.1, 0.15) is 95.4 Å². The average molecular weight is 1330 g/mol. The van der Waals surface area contributed by atoms with Gasteiger partial charge in [-0.05, 0) is 112 Å². The number of aliphatic carboxylic acids is 1. The summed E-state index contributed by atoms with van der Waals surface area (Å²) in [4.78, 5) is 69.1. The first-order valence-electron chi connectivity index (χ1n) is 28.3. The minimum Gasteiger partial charge on any atom is -0.480 e. The number of carbonyl (C=O) groups is 5. The molecule has 3 unspecified atom stereocenters. The Hall–Kier alpha value is -8.33. The zero-order valence-corrected chi connectivity index (χ0v) is 53.6. The second kappa shape index (κ2) is 32.4. The van der Waals surface area contributed by atoms with Crippen molar-refractivity contribution in [2.75, 3.05) is 37.5 Å². The lowest BCUT2D eigenvalue weighted by atomic mass is 9.82. The molecule has 0 amide bonds. The Kier molecular flexibility index (Phi) is 24.9. The number of carbonyl (C=O) groups excluding carboxylic acids is 4. The fourth-order valence-corrected chi connectivity index (χ4v) is 10.9. The normalized spacial score (nSPS) is 16.4. The zero-order chi connectivity index (χ0) is 65.1. The number of oxime groups is 1. The molecule has 4 heterocycles. The number of rotatable bonds is 18. The van der Waals surface area contributed by atoms with E-state index in [2.05, 4.69) is 32.0 Å². The first-order chi connectivity index (χ1) is 43.2. The Bertz CT molecular complexity index is 3730. The summed E-state index contributed by atoms with van der Waals surface area (Å²) < 4.78 is 38.6. The van der Waals surface area contributed by atoms with Crippen molar-refractivity contribution in [1.29, 1.82) is 0 Å². The van der Waals surface area contributed by atoms with Gasteiger partial charge in [0.1, 0.15) is 28.5 Å². The second-order valence-corrected chi connectivity index (χ2v) is 22.7. The van der Waals surface area contributed by atoms with Gasteiger partial charge < -0.3 is 33.6 Å². The van der Waals surface area contributed by atoms with Gasteiger partial charge in [0.2, 0.25) is 0 Å². The minimum absolute atomic E-state index is 0.0188. The van der Waals surface area contributed by atoms with Crippen molar-refractivity contribution >= 4 is 127 Å². The number of hydrogen-bond donors (Lipinski definition) is 1. The van der Waals surface area contributed by atoms with Gasteiger partial charge in [0.05, 0.1) is 65.8 Å². The second-order valence-electron chi connectivity index (χ2n) is 20.6. The summed E-state index contributed by atoms with van der Waals surface area (Å²) in [6, 6.07) is 41.9. The third-order valence-corrected chi connectivity index (χ3v) is 15.6. The summed E-state index contributed by atoms with van der Waals surface area (Å²) >= 11 is 30.3. The molecule has 10 rings (SSSR count). The van der Waals surface area contributed by atoms with E-state index in [0.717, 1.165) is 47.8 Å². The first kappa shape index (κ1) is 69.1. The third-order valence-electron chi connectivity index (χ3n) is 14.2. The number of aromatic nitrogens is 1. The van der Waals surface area contributed by atoms with E-state index < -0.39 is 35.0 Å². The number of hydrogen-bond acceptors (Lipinski definition) is 17. The van der Waals surface area contributed by atoms with E-state index in [1.54, 1.807) is 74.6 Å². The molecule has 0 spiro atoms. The van der Waals surface area contributed by atoms with Gasteiger partial charge in [-0.1, -0.05) is 156 Å². The van der Waals surface area contributed by atoms with Gasteiger partial charge in [-0.25, -0.2) is 33.4 Å². The summed E-state index contributed by atoms with van der Waals surface area (Å²) in [5.74, 6) is -2.86. The molecule has 0 radical (unpaired) electrons. The van der Waals surface area contributed by atoms with Crippen LogP contribution in [0.5, 0.6) is 5.75 Å². The van der Waals surface area contributed by atoms with E-state index in [0.29, 0.717) is 66.5 Å². The molecule has 0 saturated carbocycles. The van der Waals surface area contributed by atoms with E-state index in [9.17, 15) is 33.5 Å². The Morgan fingerprint density at radius 2 is 1.34 bits per heavy atom. The van der Waals surface area contributed by atoms with Gasteiger partial charge in [0.25, 0.3) is 0 Å². The van der Waals surface area contributed by atoms with Crippen molar-refractivity contribution in [2.24, 2.45) is 15.4 Å². The molecule has 1 N–H and O–H groups in total. The van der Waals surface area contributed by atoms with Gasteiger partial charge in [0, 0.05) is 45.6 Å². The van der Waals surface area contributed by atoms with Crippen molar-refractivity contribution < 1.29 is 62.0 Å². The van der Waals surface area contributed by atoms with E-state index in [1.165, 1.54) is 42.4 Å². The summed E-state index contributed by atoms with van der Waals surface area (Å²) in [7, 11) is 2.52. The highest BCUT2D eigenvalue weighted by Gasteiger charge is 2.50. The number of methoxy groups -OCH3 is 2. The fourth-order valence-electron chi connectivity index (χ4n) is 9.73. The van der Waals surface area contributed by atoms with E-state index >= 15 is 0 Å². The molecule has 0 aliphatic carbocycles. The Balaban J connectivity index is 0.000000171. The molecular formula is C66H64Cl5FN6O12. The number of benzene rings is 6. The SMILES string of the molecule is CCCCCC(C)OC(=O)COc1ccc(Cl)c2cccnc12.CCOC(=O)C1=NOC(c2ccccc2)(c2ccccc2)C1.COC(=O)C1=NN(c2ccc(Cl)cc2Cl)C(C)(C(=O)OC)C1.O=C(O)C1=NN(c2ccc(Cl)cc2Cl)C(c2ccc(F)cc2)C1. The number of pyridine rings is 1. The predicted octanol–water partition coefficient (Wildman–Crippen LogP) is 15.2. The molecule has 0 bridgehead atoms. The molecule has 90 heavy (non-hydrogen) atoms. The molecule has 3 atom stereocenters. The smallest absolute Gasteiger partial charge is 0.356 e. The maximum atomic E-state index is 13.1. The molecule has 0 saturated heterocycles. The third kappa shape index (κ3) is 17.3. The number of esters is 4. The maximum absolute atomic E-state index is 13.1. The van der Waals surface area contributed by atoms with E-state index in [-0.39, 0.29) is 54.8 Å². The lowest BCUT2D eigenvalue weighted by molar-refractivity contribution is -0.151. The van der Waals surface area contributed by atoms with Crippen molar-refractivity contribution in [1.82, 2.24) is 4.98 Å². The van der Waals surface area contributed by atoms with Gasteiger partial charge in [-0.3, -0.25) is 9.99 Å². The molecule has 0 fully saturated rings. The molecular weight excluding hydrogens is 1270 g/mol. The minimum atomic E-state index is -1.20. The predicted molar refractivity (Wildman–Crippen MR) is 347 cm³/mol. The van der Waals surface area contributed by atoms with E-state index in [4.69, 9.17) is 81.8 Å². The number of ether oxygens (including phenoxy) is 5. The molecule has 7 aromatic rings. The number of anilines is 2. The van der Waals surface area contributed by atoms with Crippen molar-refractivity contribution in [2.45, 2.75) is 95.9 Å². The summed E-state index contributed by atoms with van der Waals surface area (Å²) in [6.45, 7) is 7.63. The number of unbranched alkanes of at least 4 members (excludes halogenated alkanes) is 2. The monoisotopic (exact) mass is 1330 g/mol. The Labute approximate surface area is 545 Å². The molecule has 1 aromatic heterocycles. The zero-order valence-electron chi connectivity index (χ0n) is 49.8. The highest BCUT2D eigenvalue weighted by molar-refractivity contribution is 6.40. The number of nitrogens with zero attached hydrogens (tertiary/aromatic N) is 6. The topological polar surface area (TPSA) is 217 Å². The van der Waals surface area contributed by atoms with Crippen LogP contribution in [0.15, 0.2) is 167 Å². The van der Waals surface area contributed by atoms with Crippen LogP contribution >= 0.6 is 58.0 Å².